The first kappa shape index (κ1) is 21.0. The monoisotopic (exact) mass is 504 g/mol. The summed E-state index contributed by atoms with van der Waals surface area (Å²) in [5, 5.41) is 11.6. The van der Waals surface area contributed by atoms with Gasteiger partial charge in [0.2, 0.25) is 5.78 Å². The molecular weight excluding hydrogens is 488 g/mol. The van der Waals surface area contributed by atoms with Gasteiger partial charge >= 0.3 is 0 Å². The van der Waals surface area contributed by atoms with Crippen LogP contribution in [0.2, 0.25) is 0 Å². The van der Waals surface area contributed by atoms with E-state index >= 15 is 0 Å². The molecule has 0 fully saturated rings. The van der Waals surface area contributed by atoms with Gasteiger partial charge < -0.3 is 14.3 Å². The van der Waals surface area contributed by atoms with Crippen molar-refractivity contribution in [1.82, 2.24) is 4.98 Å². The van der Waals surface area contributed by atoms with Crippen LogP contribution in [0.4, 0.5) is 5.69 Å². The molecule has 7 nitrogen and oxygen atoms in total. The van der Waals surface area contributed by atoms with Crippen LogP contribution < -0.4 is 9.64 Å². The number of amides is 1. The minimum absolute atomic E-state index is 0.0141. The van der Waals surface area contributed by atoms with E-state index in [-0.39, 0.29) is 11.3 Å². The molecule has 33 heavy (non-hydrogen) atoms. The third kappa shape index (κ3) is 3.48. The van der Waals surface area contributed by atoms with Gasteiger partial charge in [-0.3, -0.25) is 19.5 Å². The third-order valence-electron chi connectivity index (χ3n) is 5.47. The Morgan fingerprint density at radius 3 is 2.67 bits per heavy atom. The summed E-state index contributed by atoms with van der Waals surface area (Å²) in [6.07, 6.45) is 1.57. The Kier molecular flexibility index (Phi) is 5.22. The second-order valence-electron chi connectivity index (χ2n) is 7.39. The molecule has 1 aliphatic rings. The number of aromatic nitrogens is 1. The van der Waals surface area contributed by atoms with Crippen LogP contribution in [-0.4, -0.2) is 28.9 Å². The summed E-state index contributed by atoms with van der Waals surface area (Å²) in [6, 6.07) is 18.1. The Morgan fingerprint density at radius 1 is 1.12 bits per heavy atom. The molecule has 2 aromatic carbocycles. The van der Waals surface area contributed by atoms with E-state index in [1.807, 2.05) is 6.07 Å². The summed E-state index contributed by atoms with van der Waals surface area (Å²) in [5.41, 5.74) is 1.23. The Labute approximate surface area is 197 Å². The van der Waals surface area contributed by atoms with Gasteiger partial charge in [-0.25, -0.2) is 0 Å². The van der Waals surface area contributed by atoms with Gasteiger partial charge in [-0.05, 0) is 48.5 Å². The number of anilines is 1. The topological polar surface area (TPSA) is 92.9 Å². The second-order valence-corrected chi connectivity index (χ2v) is 8.30. The Bertz CT molecular complexity index is 1430. The molecule has 1 atom stereocenters. The van der Waals surface area contributed by atoms with E-state index in [9.17, 15) is 14.7 Å². The maximum Gasteiger partial charge on any atom is 0.294 e. The van der Waals surface area contributed by atoms with Gasteiger partial charge in [-0.15, -0.1) is 0 Å². The van der Waals surface area contributed by atoms with Crippen molar-refractivity contribution in [2.75, 3.05) is 12.0 Å². The van der Waals surface area contributed by atoms with Gasteiger partial charge in [0.1, 0.15) is 17.4 Å². The van der Waals surface area contributed by atoms with Crippen LogP contribution in [0.5, 0.6) is 5.75 Å². The lowest BCUT2D eigenvalue weighted by molar-refractivity contribution is -0.117. The van der Waals surface area contributed by atoms with E-state index in [1.54, 1.807) is 66.9 Å². The summed E-state index contributed by atoms with van der Waals surface area (Å²) < 4.78 is 12.0. The van der Waals surface area contributed by atoms with Gasteiger partial charge in [-0.2, -0.15) is 0 Å². The SMILES string of the molecule is COc1ccccc1N1C(=O)C(O)=C(C(=O)c2cc3cc(Br)ccc3o2)C1c1ccccn1. The van der Waals surface area contributed by atoms with Crippen molar-refractivity contribution in [2.24, 2.45) is 0 Å². The van der Waals surface area contributed by atoms with Gasteiger partial charge in [0.25, 0.3) is 5.91 Å². The fraction of sp³-hybridized carbons (Fsp3) is 0.0800. The number of para-hydroxylation sites is 2. The molecule has 8 heteroatoms. The number of furan rings is 1. The molecule has 2 aromatic heterocycles. The first-order chi connectivity index (χ1) is 16.0. The number of aliphatic hydroxyl groups is 1. The maximum absolute atomic E-state index is 13.6. The minimum atomic E-state index is -0.970. The summed E-state index contributed by atoms with van der Waals surface area (Å²) in [4.78, 5) is 32.6. The lowest BCUT2D eigenvalue weighted by Crippen LogP contribution is -2.31. The highest BCUT2D eigenvalue weighted by molar-refractivity contribution is 9.10. The molecule has 0 saturated carbocycles. The zero-order valence-electron chi connectivity index (χ0n) is 17.4. The molecule has 3 heterocycles. The van der Waals surface area contributed by atoms with Crippen LogP contribution in [0.1, 0.15) is 22.3 Å². The molecule has 0 saturated heterocycles. The van der Waals surface area contributed by atoms with Crippen molar-refractivity contribution in [2.45, 2.75) is 6.04 Å². The largest absolute Gasteiger partial charge is 0.503 e. The Hall–Kier alpha value is -3.91. The maximum atomic E-state index is 13.6. The molecule has 0 spiro atoms. The lowest BCUT2D eigenvalue weighted by Gasteiger charge is -2.27. The van der Waals surface area contributed by atoms with Crippen LogP contribution in [0, 0.1) is 0 Å². The van der Waals surface area contributed by atoms with E-state index in [0.29, 0.717) is 28.1 Å². The van der Waals surface area contributed by atoms with Crippen molar-refractivity contribution in [3.05, 3.63) is 100 Å². The summed E-state index contributed by atoms with van der Waals surface area (Å²) >= 11 is 3.40. The number of halogens is 1. The molecule has 5 rings (SSSR count). The van der Waals surface area contributed by atoms with E-state index in [1.165, 1.54) is 12.0 Å². The number of aliphatic hydroxyl groups excluding tert-OH is 1. The number of carbonyl (C=O) groups is 2. The molecule has 0 radical (unpaired) electrons. The van der Waals surface area contributed by atoms with E-state index < -0.39 is 23.5 Å². The number of hydrogen-bond donors (Lipinski definition) is 1. The second kappa shape index (κ2) is 8.22. The quantitative estimate of drug-likeness (QED) is 0.366. The standard InChI is InChI=1S/C25H17BrN2O5/c1-32-19-8-3-2-7-17(19)28-22(16-6-4-5-11-27-16)21(24(30)25(28)31)23(29)20-13-14-12-15(26)9-10-18(14)33-20/h2-13,22,30H,1H3. The highest BCUT2D eigenvalue weighted by Gasteiger charge is 2.46. The number of pyridine rings is 1. The summed E-state index contributed by atoms with van der Waals surface area (Å²) in [7, 11) is 1.49. The number of ketones is 1. The predicted molar refractivity (Wildman–Crippen MR) is 125 cm³/mol. The van der Waals surface area contributed by atoms with Gasteiger partial charge in [-0.1, -0.05) is 34.1 Å². The zero-order valence-corrected chi connectivity index (χ0v) is 18.9. The molecule has 1 aliphatic heterocycles. The third-order valence-corrected chi connectivity index (χ3v) is 5.96. The molecule has 0 bridgehead atoms. The van der Waals surface area contributed by atoms with Crippen molar-refractivity contribution < 1.29 is 23.8 Å². The lowest BCUT2D eigenvalue weighted by atomic mass is 9.98. The number of nitrogens with zero attached hydrogens (tertiary/aromatic N) is 2. The first-order valence-electron chi connectivity index (χ1n) is 10.0. The first-order valence-corrected chi connectivity index (χ1v) is 10.8. The Morgan fingerprint density at radius 2 is 1.91 bits per heavy atom. The number of hydrogen-bond acceptors (Lipinski definition) is 6. The number of rotatable bonds is 5. The van der Waals surface area contributed by atoms with Crippen LogP contribution in [0.15, 0.2) is 93.1 Å². The summed E-state index contributed by atoms with van der Waals surface area (Å²) in [6.45, 7) is 0. The smallest absolute Gasteiger partial charge is 0.294 e. The van der Waals surface area contributed by atoms with E-state index in [0.717, 1.165) is 4.47 Å². The number of carbonyl (C=O) groups excluding carboxylic acids is 2. The fourth-order valence-corrected chi connectivity index (χ4v) is 4.37. The van der Waals surface area contributed by atoms with Gasteiger partial charge in [0.05, 0.1) is 24.1 Å². The van der Waals surface area contributed by atoms with Crippen molar-refractivity contribution >= 4 is 44.3 Å². The zero-order chi connectivity index (χ0) is 23.1. The van der Waals surface area contributed by atoms with Crippen LogP contribution in [0.3, 0.4) is 0 Å². The molecule has 1 N–H and O–H groups in total. The summed E-state index contributed by atoms with van der Waals surface area (Å²) in [5.74, 6) is -1.54. The molecule has 1 amide bonds. The van der Waals surface area contributed by atoms with Gasteiger partial charge in [0, 0.05) is 16.1 Å². The molecule has 4 aromatic rings. The van der Waals surface area contributed by atoms with E-state index in [4.69, 9.17) is 9.15 Å². The average Bonchev–Trinajstić information content (AvgIpc) is 3.37. The predicted octanol–water partition coefficient (Wildman–Crippen LogP) is 5.38. The Balaban J connectivity index is 1.67. The van der Waals surface area contributed by atoms with Crippen molar-refractivity contribution in [3.63, 3.8) is 0 Å². The van der Waals surface area contributed by atoms with Crippen LogP contribution >= 0.6 is 15.9 Å². The minimum Gasteiger partial charge on any atom is -0.503 e. The van der Waals surface area contributed by atoms with Crippen molar-refractivity contribution in [1.29, 1.82) is 0 Å². The molecule has 164 valence electrons. The number of fused-ring (bicyclic) bond motifs is 1. The van der Waals surface area contributed by atoms with Crippen molar-refractivity contribution in [3.8, 4) is 5.75 Å². The van der Waals surface area contributed by atoms with E-state index in [2.05, 4.69) is 20.9 Å². The van der Waals surface area contributed by atoms with Crippen LogP contribution in [0.25, 0.3) is 11.0 Å². The van der Waals surface area contributed by atoms with Crippen LogP contribution in [-0.2, 0) is 4.79 Å². The number of methoxy groups -OCH3 is 1. The highest BCUT2D eigenvalue weighted by atomic mass is 79.9. The molecule has 1 unspecified atom stereocenters. The van der Waals surface area contributed by atoms with Gasteiger partial charge in [0.15, 0.2) is 11.5 Å². The average molecular weight is 505 g/mol. The fourth-order valence-electron chi connectivity index (χ4n) is 3.99. The number of benzene rings is 2. The number of ether oxygens (including phenoxy) is 1. The number of Topliss-reactive ketones (excluding diaryl/α,β-unsaturated/α-hetero) is 1. The molecular formula is C25H17BrN2O5. The normalized spacial score (nSPS) is 16.0. The highest BCUT2D eigenvalue weighted by Crippen LogP contribution is 2.44. The molecule has 0 aliphatic carbocycles.